The first-order valence-electron chi connectivity index (χ1n) is 6.05. The Kier molecular flexibility index (Phi) is 4.93. The molecule has 1 unspecified atom stereocenters. The van der Waals surface area contributed by atoms with Crippen molar-refractivity contribution >= 4 is 11.9 Å². The standard InChI is InChI=1S/C12H20O5/c1-4-15-10(13)12(11(14)16-5-2)8-9(3)6-7-17-12/h9H,4-8H2,1-3H3. The minimum atomic E-state index is -1.55. The highest BCUT2D eigenvalue weighted by molar-refractivity contribution is 6.03. The van der Waals surface area contributed by atoms with Crippen LogP contribution in [0.15, 0.2) is 0 Å². The van der Waals surface area contributed by atoms with Gasteiger partial charge in [-0.05, 0) is 26.2 Å². The predicted molar refractivity (Wildman–Crippen MR) is 60.3 cm³/mol. The highest BCUT2D eigenvalue weighted by atomic mass is 16.6. The van der Waals surface area contributed by atoms with E-state index in [9.17, 15) is 9.59 Å². The number of esters is 2. The summed E-state index contributed by atoms with van der Waals surface area (Å²) in [6.07, 6.45) is 1.16. The van der Waals surface area contributed by atoms with Gasteiger partial charge in [0.1, 0.15) is 0 Å². The third-order valence-electron chi connectivity index (χ3n) is 2.81. The Morgan fingerprint density at radius 2 is 1.76 bits per heavy atom. The molecule has 1 fully saturated rings. The largest absolute Gasteiger partial charge is 0.463 e. The van der Waals surface area contributed by atoms with Gasteiger partial charge in [-0.3, -0.25) is 0 Å². The number of hydrogen-bond acceptors (Lipinski definition) is 5. The lowest BCUT2D eigenvalue weighted by molar-refractivity contribution is -0.199. The van der Waals surface area contributed by atoms with Crippen LogP contribution in [-0.4, -0.2) is 37.4 Å². The van der Waals surface area contributed by atoms with Gasteiger partial charge in [0.2, 0.25) is 0 Å². The fourth-order valence-electron chi connectivity index (χ4n) is 1.95. The van der Waals surface area contributed by atoms with Crippen molar-refractivity contribution in [3.8, 4) is 0 Å². The lowest BCUT2D eigenvalue weighted by Crippen LogP contribution is -2.54. The lowest BCUT2D eigenvalue weighted by atomic mass is 9.87. The smallest absolute Gasteiger partial charge is 0.350 e. The molecule has 0 spiro atoms. The fraction of sp³-hybridized carbons (Fsp3) is 0.833. The van der Waals surface area contributed by atoms with Crippen LogP contribution in [0.2, 0.25) is 0 Å². The first-order chi connectivity index (χ1) is 8.06. The first-order valence-corrected chi connectivity index (χ1v) is 6.05. The quantitative estimate of drug-likeness (QED) is 0.551. The number of carbonyl (C=O) groups is 2. The number of hydrogen-bond donors (Lipinski definition) is 0. The van der Waals surface area contributed by atoms with Crippen LogP contribution in [0.25, 0.3) is 0 Å². The molecule has 0 N–H and O–H groups in total. The topological polar surface area (TPSA) is 61.8 Å². The molecule has 5 heteroatoms. The van der Waals surface area contributed by atoms with Crippen molar-refractivity contribution in [1.82, 2.24) is 0 Å². The molecule has 17 heavy (non-hydrogen) atoms. The second-order valence-electron chi connectivity index (χ2n) is 4.21. The molecule has 1 saturated heterocycles. The number of ether oxygens (including phenoxy) is 3. The summed E-state index contributed by atoms with van der Waals surface area (Å²) in [5.74, 6) is -1.03. The van der Waals surface area contributed by atoms with E-state index in [0.717, 1.165) is 6.42 Å². The van der Waals surface area contributed by atoms with Crippen molar-refractivity contribution in [2.24, 2.45) is 5.92 Å². The van der Waals surface area contributed by atoms with Crippen molar-refractivity contribution in [2.45, 2.75) is 39.2 Å². The van der Waals surface area contributed by atoms with E-state index >= 15 is 0 Å². The molecule has 0 aromatic rings. The number of carbonyl (C=O) groups excluding carboxylic acids is 2. The van der Waals surface area contributed by atoms with E-state index in [1.807, 2.05) is 6.92 Å². The van der Waals surface area contributed by atoms with Crippen LogP contribution < -0.4 is 0 Å². The molecule has 0 aromatic carbocycles. The molecule has 1 atom stereocenters. The van der Waals surface area contributed by atoms with E-state index < -0.39 is 17.5 Å². The molecule has 1 rings (SSSR count). The van der Waals surface area contributed by atoms with Gasteiger partial charge in [-0.25, -0.2) is 9.59 Å². The second kappa shape index (κ2) is 6.00. The highest BCUT2D eigenvalue weighted by Gasteiger charge is 2.52. The molecular formula is C12H20O5. The zero-order chi connectivity index (χ0) is 12.9. The SMILES string of the molecule is CCOC(=O)C1(C(=O)OCC)CC(C)CCO1. The van der Waals surface area contributed by atoms with Gasteiger partial charge in [-0.2, -0.15) is 0 Å². The molecule has 0 aromatic heterocycles. The van der Waals surface area contributed by atoms with Crippen LogP contribution in [0, 0.1) is 5.92 Å². The van der Waals surface area contributed by atoms with E-state index in [4.69, 9.17) is 14.2 Å². The van der Waals surface area contributed by atoms with Crippen LogP contribution in [0.5, 0.6) is 0 Å². The van der Waals surface area contributed by atoms with Crippen molar-refractivity contribution in [3.05, 3.63) is 0 Å². The Hall–Kier alpha value is -1.10. The minimum Gasteiger partial charge on any atom is -0.463 e. The maximum absolute atomic E-state index is 11.9. The van der Waals surface area contributed by atoms with E-state index in [1.54, 1.807) is 13.8 Å². The summed E-state index contributed by atoms with van der Waals surface area (Å²) >= 11 is 0. The zero-order valence-corrected chi connectivity index (χ0v) is 10.7. The molecule has 0 amide bonds. The predicted octanol–water partition coefficient (Wildman–Crippen LogP) is 1.30. The highest BCUT2D eigenvalue weighted by Crippen LogP contribution is 2.31. The Morgan fingerprint density at radius 3 is 2.18 bits per heavy atom. The summed E-state index contributed by atoms with van der Waals surface area (Å²) in [4.78, 5) is 23.9. The maximum Gasteiger partial charge on any atom is 0.350 e. The summed E-state index contributed by atoms with van der Waals surface area (Å²) in [6.45, 7) is 6.19. The van der Waals surface area contributed by atoms with Crippen LogP contribution in [0.4, 0.5) is 0 Å². The van der Waals surface area contributed by atoms with Gasteiger partial charge in [0.25, 0.3) is 5.60 Å². The molecule has 0 saturated carbocycles. The molecule has 5 nitrogen and oxygen atoms in total. The molecule has 0 aliphatic carbocycles. The fourth-order valence-corrected chi connectivity index (χ4v) is 1.95. The summed E-state index contributed by atoms with van der Waals surface area (Å²) in [5, 5.41) is 0. The summed E-state index contributed by atoms with van der Waals surface area (Å²) in [7, 11) is 0. The van der Waals surface area contributed by atoms with E-state index in [2.05, 4.69) is 0 Å². The van der Waals surface area contributed by atoms with Gasteiger partial charge in [-0.15, -0.1) is 0 Å². The monoisotopic (exact) mass is 244 g/mol. The number of rotatable bonds is 4. The third kappa shape index (κ3) is 2.97. The third-order valence-corrected chi connectivity index (χ3v) is 2.81. The molecular weight excluding hydrogens is 224 g/mol. The van der Waals surface area contributed by atoms with Crippen molar-refractivity contribution in [3.63, 3.8) is 0 Å². The van der Waals surface area contributed by atoms with Gasteiger partial charge in [0.15, 0.2) is 0 Å². The molecule has 0 bridgehead atoms. The van der Waals surface area contributed by atoms with E-state index in [0.29, 0.717) is 13.0 Å². The Labute approximate surface area is 101 Å². The maximum atomic E-state index is 11.9. The van der Waals surface area contributed by atoms with Crippen LogP contribution in [-0.2, 0) is 23.8 Å². The Morgan fingerprint density at radius 1 is 1.24 bits per heavy atom. The van der Waals surface area contributed by atoms with Crippen molar-refractivity contribution in [1.29, 1.82) is 0 Å². The zero-order valence-electron chi connectivity index (χ0n) is 10.7. The molecule has 1 heterocycles. The van der Waals surface area contributed by atoms with Crippen LogP contribution >= 0.6 is 0 Å². The average Bonchev–Trinajstić information content (AvgIpc) is 2.29. The minimum absolute atomic E-state index is 0.220. The van der Waals surface area contributed by atoms with Crippen molar-refractivity contribution < 1.29 is 23.8 Å². The van der Waals surface area contributed by atoms with Crippen LogP contribution in [0.3, 0.4) is 0 Å². The summed E-state index contributed by atoms with van der Waals surface area (Å²) in [6, 6.07) is 0. The second-order valence-corrected chi connectivity index (χ2v) is 4.21. The molecule has 1 aliphatic rings. The van der Waals surface area contributed by atoms with E-state index in [1.165, 1.54) is 0 Å². The Bertz CT molecular complexity index is 269. The first kappa shape index (κ1) is 14.0. The summed E-state index contributed by atoms with van der Waals surface area (Å²) in [5.41, 5.74) is -1.55. The van der Waals surface area contributed by atoms with E-state index in [-0.39, 0.29) is 19.1 Å². The van der Waals surface area contributed by atoms with Gasteiger partial charge in [-0.1, -0.05) is 6.92 Å². The summed E-state index contributed by atoms with van der Waals surface area (Å²) < 4.78 is 15.3. The van der Waals surface area contributed by atoms with Crippen LogP contribution in [0.1, 0.15) is 33.6 Å². The average molecular weight is 244 g/mol. The van der Waals surface area contributed by atoms with Gasteiger partial charge in [0, 0.05) is 13.0 Å². The molecule has 1 aliphatic heterocycles. The lowest BCUT2D eigenvalue weighted by Gasteiger charge is -2.35. The normalized spacial score (nSPS) is 22.9. The molecule has 98 valence electrons. The van der Waals surface area contributed by atoms with Gasteiger partial charge in [0.05, 0.1) is 13.2 Å². The Balaban J connectivity index is 2.90. The van der Waals surface area contributed by atoms with Gasteiger partial charge >= 0.3 is 11.9 Å². The van der Waals surface area contributed by atoms with Crippen molar-refractivity contribution in [2.75, 3.05) is 19.8 Å². The molecule has 0 radical (unpaired) electrons. The van der Waals surface area contributed by atoms with Gasteiger partial charge < -0.3 is 14.2 Å².